The predicted octanol–water partition coefficient (Wildman–Crippen LogP) is 2.49. The van der Waals surface area contributed by atoms with E-state index >= 15 is 0 Å². The molecule has 0 atom stereocenters. The zero-order chi connectivity index (χ0) is 11.8. The Kier molecular flexibility index (Phi) is 2.36. The lowest BCUT2D eigenvalue weighted by Crippen LogP contribution is -1.90. The molecule has 0 aliphatic carbocycles. The number of halogens is 1. The molecule has 0 fully saturated rings. The van der Waals surface area contributed by atoms with E-state index in [0.717, 1.165) is 32.6 Å². The quantitative estimate of drug-likeness (QED) is 0.699. The van der Waals surface area contributed by atoms with Crippen molar-refractivity contribution in [3.63, 3.8) is 0 Å². The van der Waals surface area contributed by atoms with E-state index in [1.807, 2.05) is 13.0 Å². The van der Waals surface area contributed by atoms with Crippen molar-refractivity contribution in [2.24, 2.45) is 0 Å². The van der Waals surface area contributed by atoms with Gasteiger partial charge in [0.25, 0.3) is 0 Å². The molecular weight excluding hydrogens is 282 g/mol. The summed E-state index contributed by atoms with van der Waals surface area (Å²) < 4.78 is 0.739. The molecule has 5 nitrogen and oxygen atoms in total. The Morgan fingerprint density at radius 1 is 1.18 bits per heavy atom. The summed E-state index contributed by atoms with van der Waals surface area (Å²) in [4.78, 5) is 12.8. The Bertz CT molecular complexity index is 674. The number of fused-ring (bicyclic) bond motifs is 1. The molecule has 0 unspecified atom stereocenters. The largest absolute Gasteiger partial charge is 0.275 e. The van der Waals surface area contributed by atoms with Crippen LogP contribution in [0.15, 0.2) is 29.3 Å². The number of aromatic nitrogens is 5. The minimum absolute atomic E-state index is 0.739. The first-order valence-electron chi connectivity index (χ1n) is 5.02. The second-order valence-corrected chi connectivity index (χ2v) is 4.40. The van der Waals surface area contributed by atoms with E-state index in [1.165, 1.54) is 0 Å². The van der Waals surface area contributed by atoms with Crippen LogP contribution < -0.4 is 0 Å². The highest BCUT2D eigenvalue weighted by atomic mass is 79.9. The fraction of sp³-hybridized carbons (Fsp3) is 0.0909. The van der Waals surface area contributed by atoms with Gasteiger partial charge in [0.05, 0.1) is 17.4 Å². The van der Waals surface area contributed by atoms with Crippen molar-refractivity contribution in [3.8, 4) is 11.3 Å². The maximum Gasteiger partial charge on any atom is 0.132 e. The van der Waals surface area contributed by atoms with Gasteiger partial charge in [-0.05, 0) is 28.9 Å². The molecule has 84 valence electrons. The standard InChI is InChI=1S/C11H8BrN5/c1-6-13-3-8(4-14-6)9-2-7-5-15-17-10(7)11(12)16-9/h2-5H,1H3,(H,15,17). The Hall–Kier alpha value is -1.82. The smallest absolute Gasteiger partial charge is 0.132 e. The van der Waals surface area contributed by atoms with Crippen molar-refractivity contribution < 1.29 is 0 Å². The third-order valence-electron chi connectivity index (χ3n) is 2.46. The van der Waals surface area contributed by atoms with Crippen molar-refractivity contribution in [2.75, 3.05) is 0 Å². The minimum atomic E-state index is 0.739. The van der Waals surface area contributed by atoms with Gasteiger partial charge in [-0.25, -0.2) is 15.0 Å². The normalized spacial score (nSPS) is 10.9. The molecule has 0 radical (unpaired) electrons. The van der Waals surface area contributed by atoms with Gasteiger partial charge in [0, 0.05) is 23.3 Å². The van der Waals surface area contributed by atoms with Crippen LogP contribution in [0.2, 0.25) is 0 Å². The first-order chi connectivity index (χ1) is 8.24. The van der Waals surface area contributed by atoms with E-state index in [9.17, 15) is 0 Å². The molecular formula is C11H8BrN5. The molecule has 3 aromatic rings. The number of hydrogen-bond donors (Lipinski definition) is 1. The number of aromatic amines is 1. The molecule has 17 heavy (non-hydrogen) atoms. The number of pyridine rings is 1. The molecule has 0 aromatic carbocycles. The molecule has 3 aromatic heterocycles. The zero-order valence-corrected chi connectivity index (χ0v) is 10.6. The Morgan fingerprint density at radius 3 is 2.71 bits per heavy atom. The average molecular weight is 290 g/mol. The van der Waals surface area contributed by atoms with Crippen LogP contribution in [-0.4, -0.2) is 25.1 Å². The highest BCUT2D eigenvalue weighted by Gasteiger charge is 2.07. The molecule has 0 aliphatic heterocycles. The second-order valence-electron chi connectivity index (χ2n) is 3.65. The number of H-pyrrole nitrogens is 1. The molecule has 0 amide bonds. The number of nitrogens with one attached hydrogen (secondary N) is 1. The summed E-state index contributed by atoms with van der Waals surface area (Å²) in [5.74, 6) is 0.747. The Labute approximate surface area is 105 Å². The fourth-order valence-electron chi connectivity index (χ4n) is 1.58. The average Bonchev–Trinajstić information content (AvgIpc) is 2.78. The van der Waals surface area contributed by atoms with Crippen LogP contribution in [0.1, 0.15) is 5.82 Å². The number of aryl methyl sites for hydroxylation is 1. The van der Waals surface area contributed by atoms with Crippen molar-refractivity contribution in [3.05, 3.63) is 35.1 Å². The van der Waals surface area contributed by atoms with Gasteiger partial charge < -0.3 is 0 Å². The van der Waals surface area contributed by atoms with E-state index in [1.54, 1.807) is 18.6 Å². The lowest BCUT2D eigenvalue weighted by atomic mass is 10.2. The molecule has 0 aliphatic rings. The van der Waals surface area contributed by atoms with Gasteiger partial charge in [-0.2, -0.15) is 5.10 Å². The van der Waals surface area contributed by atoms with Crippen LogP contribution in [0.4, 0.5) is 0 Å². The molecule has 3 heterocycles. The maximum atomic E-state index is 4.44. The predicted molar refractivity (Wildman–Crippen MR) is 67.4 cm³/mol. The van der Waals surface area contributed by atoms with Crippen molar-refractivity contribution in [2.45, 2.75) is 6.92 Å². The first kappa shape index (κ1) is 10.3. The van der Waals surface area contributed by atoms with E-state index < -0.39 is 0 Å². The summed E-state index contributed by atoms with van der Waals surface area (Å²) >= 11 is 3.42. The number of rotatable bonds is 1. The Morgan fingerprint density at radius 2 is 1.94 bits per heavy atom. The van der Waals surface area contributed by atoms with Gasteiger partial charge in [-0.1, -0.05) is 0 Å². The van der Waals surface area contributed by atoms with Crippen LogP contribution >= 0.6 is 15.9 Å². The van der Waals surface area contributed by atoms with Crippen molar-refractivity contribution >= 4 is 26.8 Å². The van der Waals surface area contributed by atoms with Crippen LogP contribution in [0.5, 0.6) is 0 Å². The summed E-state index contributed by atoms with van der Waals surface area (Å²) in [5.41, 5.74) is 2.60. The third-order valence-corrected chi connectivity index (χ3v) is 3.04. The fourth-order valence-corrected chi connectivity index (χ4v) is 2.09. The van der Waals surface area contributed by atoms with Gasteiger partial charge in [-0.3, -0.25) is 5.10 Å². The van der Waals surface area contributed by atoms with Gasteiger partial charge in [-0.15, -0.1) is 0 Å². The second kappa shape index (κ2) is 3.89. The first-order valence-corrected chi connectivity index (χ1v) is 5.82. The Balaban J connectivity index is 2.20. The van der Waals surface area contributed by atoms with Crippen LogP contribution in [0.3, 0.4) is 0 Å². The third kappa shape index (κ3) is 1.80. The highest BCUT2D eigenvalue weighted by molar-refractivity contribution is 9.10. The lowest BCUT2D eigenvalue weighted by molar-refractivity contribution is 1.05. The van der Waals surface area contributed by atoms with Gasteiger partial charge in [0.1, 0.15) is 10.4 Å². The zero-order valence-electron chi connectivity index (χ0n) is 8.98. The van der Waals surface area contributed by atoms with Crippen LogP contribution in [-0.2, 0) is 0 Å². The molecule has 0 spiro atoms. The van der Waals surface area contributed by atoms with E-state index in [0.29, 0.717) is 0 Å². The molecule has 6 heteroatoms. The summed E-state index contributed by atoms with van der Waals surface area (Å²) in [6.45, 7) is 1.85. The van der Waals surface area contributed by atoms with Crippen LogP contribution in [0.25, 0.3) is 22.2 Å². The molecule has 0 bridgehead atoms. The van der Waals surface area contributed by atoms with Crippen molar-refractivity contribution in [1.29, 1.82) is 0 Å². The van der Waals surface area contributed by atoms with Crippen LogP contribution in [0, 0.1) is 6.92 Å². The highest BCUT2D eigenvalue weighted by Crippen LogP contribution is 2.25. The SMILES string of the molecule is Cc1ncc(-c2cc3cn[nH]c3c(Br)n2)cn1. The lowest BCUT2D eigenvalue weighted by Gasteiger charge is -2.02. The molecule has 0 saturated carbocycles. The number of nitrogens with zero attached hydrogens (tertiary/aromatic N) is 4. The van der Waals surface area contributed by atoms with E-state index in [2.05, 4.69) is 41.1 Å². The van der Waals surface area contributed by atoms with Gasteiger partial charge >= 0.3 is 0 Å². The van der Waals surface area contributed by atoms with E-state index in [4.69, 9.17) is 0 Å². The summed E-state index contributed by atoms with van der Waals surface area (Å²) in [6.07, 6.45) is 5.30. The van der Waals surface area contributed by atoms with E-state index in [-0.39, 0.29) is 0 Å². The van der Waals surface area contributed by atoms with Crippen molar-refractivity contribution in [1.82, 2.24) is 25.1 Å². The maximum absolute atomic E-state index is 4.44. The molecule has 3 rings (SSSR count). The minimum Gasteiger partial charge on any atom is -0.275 e. The monoisotopic (exact) mass is 289 g/mol. The topological polar surface area (TPSA) is 67.3 Å². The number of hydrogen-bond acceptors (Lipinski definition) is 4. The summed E-state index contributed by atoms with van der Waals surface area (Å²) in [6, 6.07) is 1.96. The molecule has 1 N–H and O–H groups in total. The summed E-state index contributed by atoms with van der Waals surface area (Å²) in [7, 11) is 0. The molecule has 0 saturated heterocycles. The van der Waals surface area contributed by atoms with Gasteiger partial charge in [0.2, 0.25) is 0 Å². The van der Waals surface area contributed by atoms with Gasteiger partial charge in [0.15, 0.2) is 0 Å². The summed E-state index contributed by atoms with van der Waals surface area (Å²) in [5, 5.41) is 7.87.